The summed E-state index contributed by atoms with van der Waals surface area (Å²) in [5.74, 6) is 0.0308. The molecule has 1 N–H and O–H groups in total. The minimum Gasteiger partial charge on any atom is -0.744 e. The Morgan fingerprint density at radius 3 is 2.21 bits per heavy atom. The molecule has 6 rings (SSSR count). The molecule has 0 saturated carbocycles. The highest BCUT2D eigenvalue weighted by atomic mass is 32.2. The first-order valence-corrected chi connectivity index (χ1v) is 18.9. The Morgan fingerprint density at radius 2 is 1.64 bits per heavy atom. The Kier molecular flexibility index (Phi) is 12.2. The van der Waals surface area contributed by atoms with Gasteiger partial charge < -0.3 is 14.4 Å². The number of carbonyl (C=O) groups is 2. The topological polar surface area (TPSA) is 152 Å². The molecular weight excluding hydrogens is 752 g/mol. The molecule has 3 aromatic carbocycles. The molecule has 5 aromatic rings. The number of piperidine rings is 1. The molecule has 1 aliphatic heterocycles. The first-order valence-electron chi connectivity index (χ1n) is 17.5. The summed E-state index contributed by atoms with van der Waals surface area (Å²) in [4.78, 5) is 44.3. The monoisotopic (exact) mass is 791 g/mol. The van der Waals surface area contributed by atoms with Crippen molar-refractivity contribution in [2.45, 2.75) is 50.2 Å². The van der Waals surface area contributed by atoms with Crippen LogP contribution in [0.25, 0.3) is 27.6 Å². The number of alkyl halides is 3. The summed E-state index contributed by atoms with van der Waals surface area (Å²) in [6.07, 6.45) is -1.12. The number of rotatable bonds is 8. The zero-order chi connectivity index (χ0) is 41.0. The number of aromatic nitrogens is 4. The molecule has 2 aromatic heterocycles. The molecule has 13 nitrogen and oxygen atoms in total. The van der Waals surface area contributed by atoms with Gasteiger partial charge in [0, 0.05) is 19.3 Å². The van der Waals surface area contributed by atoms with Gasteiger partial charge in [-0.15, -0.1) is 0 Å². The van der Waals surface area contributed by atoms with Crippen LogP contribution < -0.4 is 11.0 Å². The van der Waals surface area contributed by atoms with Crippen LogP contribution in [0.3, 0.4) is 0 Å². The Bertz CT molecular complexity index is 2420. The number of hydrogen-bond donors (Lipinski definition) is 1. The lowest BCUT2D eigenvalue weighted by Gasteiger charge is -2.37. The van der Waals surface area contributed by atoms with Crippen LogP contribution in [0.4, 0.5) is 23.7 Å². The van der Waals surface area contributed by atoms with Gasteiger partial charge in [-0.1, -0.05) is 36.4 Å². The molecule has 1 saturated heterocycles. The van der Waals surface area contributed by atoms with Gasteiger partial charge in [0.05, 0.1) is 79.2 Å². The fourth-order valence-corrected chi connectivity index (χ4v) is 6.97. The van der Waals surface area contributed by atoms with Crippen molar-refractivity contribution < 1.29 is 40.2 Å². The second kappa shape index (κ2) is 16.5. The van der Waals surface area contributed by atoms with Gasteiger partial charge in [0.15, 0.2) is 11.5 Å². The summed E-state index contributed by atoms with van der Waals surface area (Å²) in [6.45, 7) is 12.2. The van der Waals surface area contributed by atoms with Gasteiger partial charge >= 0.3 is 17.9 Å². The smallest absolute Gasteiger partial charge is 0.416 e. The average molecular weight is 792 g/mol. The lowest BCUT2D eigenvalue weighted by Crippen LogP contribution is -2.48. The normalized spacial score (nSPS) is 14.9. The Balaban J connectivity index is 0.000000522. The summed E-state index contributed by atoms with van der Waals surface area (Å²) in [7, 11) is 0.0490. The number of halogens is 3. The number of amides is 1. The van der Waals surface area contributed by atoms with Crippen molar-refractivity contribution in [3.8, 4) is 22.8 Å². The van der Waals surface area contributed by atoms with E-state index in [4.69, 9.17) is 6.57 Å². The molecule has 1 amide bonds. The van der Waals surface area contributed by atoms with E-state index in [1.54, 1.807) is 43.3 Å². The molecule has 0 spiro atoms. The van der Waals surface area contributed by atoms with Crippen LogP contribution in [0.5, 0.6) is 0 Å². The zero-order valence-electron chi connectivity index (χ0n) is 31.0. The number of quaternary nitrogens is 1. The minimum atomic E-state index is -4.66. The van der Waals surface area contributed by atoms with Crippen molar-refractivity contribution in [3.63, 3.8) is 0 Å². The number of benzene rings is 3. The van der Waals surface area contributed by atoms with Crippen molar-refractivity contribution in [1.82, 2.24) is 24.2 Å². The molecule has 0 aliphatic carbocycles. The number of likely N-dealkylation sites (tertiary alicyclic amines) is 1. The molecule has 0 radical (unpaired) electrons. The first kappa shape index (κ1) is 41.3. The van der Waals surface area contributed by atoms with Gasteiger partial charge in [0.1, 0.15) is 15.8 Å². The second-order valence-electron chi connectivity index (χ2n) is 14.1. The summed E-state index contributed by atoms with van der Waals surface area (Å²) in [5.41, 5.74) is -0.463. The zero-order valence-corrected chi connectivity index (χ0v) is 31.8. The first-order chi connectivity index (χ1) is 26.3. The van der Waals surface area contributed by atoms with E-state index in [-0.39, 0.29) is 33.7 Å². The lowest BCUT2D eigenvalue weighted by molar-refractivity contribution is -0.896. The third-order valence-electron chi connectivity index (χ3n) is 9.66. The predicted molar refractivity (Wildman–Crippen MR) is 201 cm³/mol. The number of hydrogen-bond acceptors (Lipinski definition) is 7. The van der Waals surface area contributed by atoms with E-state index in [0.29, 0.717) is 23.5 Å². The maximum absolute atomic E-state index is 14.0. The Morgan fingerprint density at radius 1 is 1.00 bits per heavy atom. The highest BCUT2D eigenvalue weighted by molar-refractivity contribution is 7.85. The molecule has 294 valence electrons. The number of carbonyl (C=O) groups excluding carboxylic acids is 2. The second-order valence-corrected chi connectivity index (χ2v) is 15.5. The quantitative estimate of drug-likeness (QED) is 0.109. The molecule has 17 heteroatoms. The maximum atomic E-state index is 14.0. The van der Waals surface area contributed by atoms with E-state index in [1.807, 2.05) is 0 Å². The molecular formula is C39H40F3N7O6S. The van der Waals surface area contributed by atoms with E-state index in [0.717, 1.165) is 51.7 Å². The third kappa shape index (κ3) is 9.51. The van der Waals surface area contributed by atoms with Crippen LogP contribution in [-0.2, 0) is 21.1 Å². The number of imidazole rings is 1. The van der Waals surface area contributed by atoms with Crippen LogP contribution in [-0.4, -0.2) is 81.4 Å². The molecule has 0 unspecified atom stereocenters. The van der Waals surface area contributed by atoms with E-state index in [2.05, 4.69) is 29.4 Å². The molecule has 1 fully saturated rings. The van der Waals surface area contributed by atoms with Gasteiger partial charge in [-0.05, 0) is 68.3 Å². The number of nitrogens with zero attached hydrogens (tertiary/aromatic N) is 6. The summed E-state index contributed by atoms with van der Waals surface area (Å²) < 4.78 is 75.9. The molecule has 0 bridgehead atoms. The van der Waals surface area contributed by atoms with Crippen LogP contribution >= 0.6 is 0 Å². The van der Waals surface area contributed by atoms with Gasteiger partial charge in [0.25, 0.3) is 0 Å². The highest BCUT2D eigenvalue weighted by Crippen LogP contribution is 2.32. The lowest BCUT2D eigenvalue weighted by atomic mass is 9.89. The van der Waals surface area contributed by atoms with E-state index < -0.39 is 39.6 Å². The SMILES string of the molecule is O=S(=O)([O-])c1ccccc1.[C-]#[N+]c1ccc(-n2nccc2-c2c(C)n(-c3cccc(C(F)(F)F)c3)c(=O)n2C(=O)N[C@@H](C)C(=O)CC2CC[N+](C)(C)CC2)cc1. The van der Waals surface area contributed by atoms with E-state index >= 15 is 0 Å². The van der Waals surface area contributed by atoms with Crippen LogP contribution in [0.2, 0.25) is 0 Å². The Labute approximate surface area is 321 Å². The standard InChI is InChI=1S/C33H34F3N7O3.C6H6O3S/c1-21(29(44)19-23-14-17-43(4,5)18-15-23)39-31(45)41-30(28-13-16-38-42(28)26-11-9-25(37-3)10-12-26)22(2)40(32(41)46)27-8-6-7-24(20-27)33(34,35)36;7-10(8,9)6-4-2-1-3-5-6/h6-13,16,20-21,23H,14-15,17-19H2,1-2,4-5H3;1-5H,(H,7,8,9)/t21-;/m0./s1. The number of Topliss-reactive ketones (excluding diaryl/α,β-unsaturated/α-hetero) is 1. The van der Waals surface area contributed by atoms with E-state index in [9.17, 15) is 40.5 Å². The largest absolute Gasteiger partial charge is 0.744 e. The van der Waals surface area contributed by atoms with E-state index in [1.165, 1.54) is 54.2 Å². The van der Waals surface area contributed by atoms with Crippen molar-refractivity contribution in [2.24, 2.45) is 5.92 Å². The average Bonchev–Trinajstić information content (AvgIpc) is 3.73. The van der Waals surface area contributed by atoms with Crippen molar-refractivity contribution in [3.05, 3.63) is 124 Å². The van der Waals surface area contributed by atoms with Crippen LogP contribution in [0.15, 0.2) is 101 Å². The Hall–Kier alpha value is -5.83. The molecule has 3 heterocycles. The molecule has 1 atom stereocenters. The fraction of sp³-hybridized carbons (Fsp3) is 0.308. The third-order valence-corrected chi connectivity index (χ3v) is 10.5. The van der Waals surface area contributed by atoms with Crippen molar-refractivity contribution in [1.29, 1.82) is 0 Å². The molecule has 1 aliphatic rings. The minimum absolute atomic E-state index is 0.0820. The number of nitrogens with one attached hydrogen (secondary N) is 1. The van der Waals surface area contributed by atoms with Crippen molar-refractivity contribution >= 4 is 27.6 Å². The van der Waals surface area contributed by atoms with Gasteiger partial charge in [-0.3, -0.25) is 9.36 Å². The number of ketones is 1. The summed E-state index contributed by atoms with van der Waals surface area (Å²) >= 11 is 0. The van der Waals surface area contributed by atoms with Gasteiger partial charge in [-0.25, -0.2) is 32.1 Å². The van der Waals surface area contributed by atoms with Crippen molar-refractivity contribution in [2.75, 3.05) is 27.2 Å². The fourth-order valence-electron chi connectivity index (χ4n) is 6.48. The van der Waals surface area contributed by atoms with Crippen LogP contribution in [0, 0.1) is 19.4 Å². The summed E-state index contributed by atoms with van der Waals surface area (Å²) in [5, 5.41) is 7.02. The van der Waals surface area contributed by atoms with Gasteiger partial charge in [0.2, 0.25) is 0 Å². The predicted octanol–water partition coefficient (Wildman–Crippen LogP) is 6.35. The van der Waals surface area contributed by atoms with Gasteiger partial charge in [-0.2, -0.15) is 18.3 Å². The highest BCUT2D eigenvalue weighted by Gasteiger charge is 2.33. The molecule has 56 heavy (non-hydrogen) atoms. The summed E-state index contributed by atoms with van der Waals surface area (Å²) in [6, 6.07) is 17.7. The maximum Gasteiger partial charge on any atom is 0.416 e. The van der Waals surface area contributed by atoms with Crippen LogP contribution in [0.1, 0.15) is 37.4 Å².